The van der Waals surface area contributed by atoms with E-state index >= 15 is 0 Å². The van der Waals surface area contributed by atoms with Crippen LogP contribution in [0.15, 0.2) is 40.8 Å². The standard InChI is InChI=1S/C17H19FN2O2/c1-11-14(7-4-10-19-11)20-17(21)16-9-8-15(22-16)12-5-2-3-6-13(12)18/h2-3,5-6,8-9,11,14,19H,4,7,10H2,1H3,(H,20,21). The number of hydrogen-bond acceptors (Lipinski definition) is 3. The molecule has 22 heavy (non-hydrogen) atoms. The number of carbonyl (C=O) groups is 1. The first-order valence-corrected chi connectivity index (χ1v) is 7.54. The van der Waals surface area contributed by atoms with Crippen LogP contribution in [-0.4, -0.2) is 24.5 Å². The van der Waals surface area contributed by atoms with Crippen molar-refractivity contribution in [2.45, 2.75) is 31.8 Å². The van der Waals surface area contributed by atoms with Crippen LogP contribution < -0.4 is 10.6 Å². The van der Waals surface area contributed by atoms with Gasteiger partial charge in [-0.25, -0.2) is 4.39 Å². The number of piperidine rings is 1. The van der Waals surface area contributed by atoms with Gasteiger partial charge < -0.3 is 15.1 Å². The van der Waals surface area contributed by atoms with E-state index in [4.69, 9.17) is 4.42 Å². The topological polar surface area (TPSA) is 54.3 Å². The largest absolute Gasteiger partial charge is 0.451 e. The highest BCUT2D eigenvalue weighted by Crippen LogP contribution is 2.24. The smallest absolute Gasteiger partial charge is 0.287 e. The van der Waals surface area contributed by atoms with Gasteiger partial charge in [-0.05, 0) is 50.6 Å². The fourth-order valence-electron chi connectivity index (χ4n) is 2.75. The molecule has 0 aliphatic carbocycles. The van der Waals surface area contributed by atoms with Gasteiger partial charge in [0.25, 0.3) is 5.91 Å². The number of halogens is 1. The molecule has 2 aromatic rings. The fraction of sp³-hybridized carbons (Fsp3) is 0.353. The molecule has 1 aliphatic rings. The molecule has 1 aromatic heterocycles. The van der Waals surface area contributed by atoms with Gasteiger partial charge in [0.1, 0.15) is 11.6 Å². The average molecular weight is 302 g/mol. The summed E-state index contributed by atoms with van der Waals surface area (Å²) in [5.74, 6) is -0.0638. The Kier molecular flexibility index (Phi) is 4.24. The molecule has 1 saturated heterocycles. The van der Waals surface area contributed by atoms with Gasteiger partial charge in [-0.3, -0.25) is 4.79 Å². The second-order valence-corrected chi connectivity index (χ2v) is 5.61. The minimum Gasteiger partial charge on any atom is -0.451 e. The monoisotopic (exact) mass is 302 g/mol. The van der Waals surface area contributed by atoms with Crippen molar-refractivity contribution in [1.82, 2.24) is 10.6 Å². The first kappa shape index (κ1) is 14.8. The Balaban J connectivity index is 1.73. The molecule has 1 aromatic carbocycles. The van der Waals surface area contributed by atoms with Crippen LogP contribution in [0.5, 0.6) is 0 Å². The van der Waals surface area contributed by atoms with E-state index in [-0.39, 0.29) is 29.6 Å². The normalized spacial score (nSPS) is 21.5. The van der Waals surface area contributed by atoms with Crippen LogP contribution in [0.2, 0.25) is 0 Å². The summed E-state index contributed by atoms with van der Waals surface area (Å²) in [6.07, 6.45) is 1.98. The van der Waals surface area contributed by atoms with Crippen molar-refractivity contribution in [2.75, 3.05) is 6.54 Å². The lowest BCUT2D eigenvalue weighted by Gasteiger charge is -2.30. The van der Waals surface area contributed by atoms with Crippen molar-refractivity contribution in [1.29, 1.82) is 0 Å². The van der Waals surface area contributed by atoms with Crippen molar-refractivity contribution >= 4 is 5.91 Å². The van der Waals surface area contributed by atoms with Crippen molar-refractivity contribution in [3.63, 3.8) is 0 Å². The minimum absolute atomic E-state index is 0.0864. The third-order valence-corrected chi connectivity index (χ3v) is 4.05. The maximum Gasteiger partial charge on any atom is 0.287 e. The summed E-state index contributed by atoms with van der Waals surface area (Å²) in [6.45, 7) is 3.03. The molecule has 116 valence electrons. The van der Waals surface area contributed by atoms with Crippen LogP contribution in [0.3, 0.4) is 0 Å². The Morgan fingerprint density at radius 3 is 2.91 bits per heavy atom. The summed E-state index contributed by atoms with van der Waals surface area (Å²) < 4.78 is 19.3. The fourth-order valence-corrected chi connectivity index (χ4v) is 2.75. The van der Waals surface area contributed by atoms with Crippen LogP contribution in [-0.2, 0) is 0 Å². The Morgan fingerprint density at radius 1 is 1.32 bits per heavy atom. The van der Waals surface area contributed by atoms with Gasteiger partial charge in [-0.2, -0.15) is 0 Å². The van der Waals surface area contributed by atoms with Crippen molar-refractivity contribution in [3.05, 3.63) is 48.0 Å². The SMILES string of the molecule is CC1NCCCC1NC(=O)c1ccc(-c2ccccc2F)o1. The summed E-state index contributed by atoms with van der Waals surface area (Å²) >= 11 is 0. The quantitative estimate of drug-likeness (QED) is 0.916. The van der Waals surface area contributed by atoms with Crippen molar-refractivity contribution in [3.8, 4) is 11.3 Å². The highest BCUT2D eigenvalue weighted by Gasteiger charge is 2.24. The Bertz CT molecular complexity index is 668. The number of rotatable bonds is 3. The minimum atomic E-state index is -0.367. The summed E-state index contributed by atoms with van der Waals surface area (Å²) in [7, 11) is 0. The Labute approximate surface area is 128 Å². The van der Waals surface area contributed by atoms with E-state index < -0.39 is 0 Å². The lowest BCUT2D eigenvalue weighted by atomic mass is 10.00. The first-order valence-electron chi connectivity index (χ1n) is 7.54. The molecule has 4 nitrogen and oxygen atoms in total. The molecular formula is C17H19FN2O2. The molecule has 1 amide bonds. The maximum absolute atomic E-state index is 13.7. The third-order valence-electron chi connectivity index (χ3n) is 4.05. The second-order valence-electron chi connectivity index (χ2n) is 5.61. The van der Waals surface area contributed by atoms with Crippen LogP contribution >= 0.6 is 0 Å². The van der Waals surface area contributed by atoms with Gasteiger partial charge in [0, 0.05) is 12.1 Å². The number of hydrogen-bond donors (Lipinski definition) is 2. The zero-order valence-corrected chi connectivity index (χ0v) is 12.4. The molecule has 0 spiro atoms. The van der Waals surface area contributed by atoms with E-state index in [0.29, 0.717) is 11.3 Å². The number of nitrogens with one attached hydrogen (secondary N) is 2. The van der Waals surface area contributed by atoms with Gasteiger partial charge in [-0.15, -0.1) is 0 Å². The molecule has 1 aliphatic heterocycles. The summed E-state index contributed by atoms with van der Waals surface area (Å²) in [4.78, 5) is 12.3. The molecule has 2 unspecified atom stereocenters. The first-order chi connectivity index (χ1) is 10.6. The van der Waals surface area contributed by atoms with E-state index in [1.807, 2.05) is 0 Å². The summed E-state index contributed by atoms with van der Waals surface area (Å²) in [5, 5.41) is 6.31. The van der Waals surface area contributed by atoms with Gasteiger partial charge in [-0.1, -0.05) is 12.1 Å². The molecule has 0 saturated carbocycles. The second kappa shape index (κ2) is 6.32. The molecule has 2 N–H and O–H groups in total. The molecular weight excluding hydrogens is 283 g/mol. The van der Waals surface area contributed by atoms with Crippen molar-refractivity contribution in [2.24, 2.45) is 0 Å². The molecule has 2 atom stereocenters. The Hall–Kier alpha value is -2.14. The van der Waals surface area contributed by atoms with Gasteiger partial charge in [0.15, 0.2) is 5.76 Å². The predicted molar refractivity (Wildman–Crippen MR) is 82.1 cm³/mol. The van der Waals surface area contributed by atoms with E-state index in [1.54, 1.807) is 30.3 Å². The lowest BCUT2D eigenvalue weighted by Crippen LogP contribution is -2.51. The van der Waals surface area contributed by atoms with E-state index in [9.17, 15) is 9.18 Å². The summed E-state index contributed by atoms with van der Waals surface area (Å²) in [5.41, 5.74) is 0.356. The van der Waals surface area contributed by atoms with Gasteiger partial charge in [0.2, 0.25) is 0 Å². The average Bonchev–Trinajstić information content (AvgIpc) is 3.00. The summed E-state index contributed by atoms with van der Waals surface area (Å²) in [6, 6.07) is 9.87. The highest BCUT2D eigenvalue weighted by atomic mass is 19.1. The van der Waals surface area contributed by atoms with Crippen LogP contribution in [0.1, 0.15) is 30.3 Å². The molecule has 2 heterocycles. The molecule has 3 rings (SSSR count). The van der Waals surface area contributed by atoms with Crippen LogP contribution in [0.25, 0.3) is 11.3 Å². The Morgan fingerprint density at radius 2 is 2.14 bits per heavy atom. The number of amides is 1. The zero-order chi connectivity index (χ0) is 15.5. The molecule has 0 radical (unpaired) electrons. The van der Waals surface area contributed by atoms with Crippen molar-refractivity contribution < 1.29 is 13.6 Å². The van der Waals surface area contributed by atoms with E-state index in [0.717, 1.165) is 19.4 Å². The number of carbonyl (C=O) groups excluding carboxylic acids is 1. The highest BCUT2D eigenvalue weighted by molar-refractivity contribution is 5.92. The molecule has 5 heteroatoms. The maximum atomic E-state index is 13.7. The van der Waals surface area contributed by atoms with Crippen LogP contribution in [0.4, 0.5) is 4.39 Å². The van der Waals surface area contributed by atoms with Gasteiger partial charge >= 0.3 is 0 Å². The van der Waals surface area contributed by atoms with Gasteiger partial charge in [0.05, 0.1) is 5.56 Å². The zero-order valence-electron chi connectivity index (χ0n) is 12.4. The third kappa shape index (κ3) is 3.04. The van der Waals surface area contributed by atoms with Crippen LogP contribution in [0, 0.1) is 5.82 Å². The molecule has 1 fully saturated rings. The lowest BCUT2D eigenvalue weighted by molar-refractivity contribution is 0.0892. The van der Waals surface area contributed by atoms with E-state index in [2.05, 4.69) is 17.6 Å². The number of benzene rings is 1. The predicted octanol–water partition coefficient (Wildman–Crippen LogP) is 2.96. The van der Waals surface area contributed by atoms with E-state index in [1.165, 1.54) is 6.07 Å². The number of furan rings is 1. The molecule has 0 bridgehead atoms.